The molecule has 0 fully saturated rings. The number of hydrogen-bond acceptors (Lipinski definition) is 4. The molecule has 0 bridgehead atoms. The Morgan fingerprint density at radius 1 is 1.00 bits per heavy atom. The molecule has 0 N–H and O–H groups in total. The van der Waals surface area contributed by atoms with Crippen molar-refractivity contribution in [3.63, 3.8) is 0 Å². The summed E-state index contributed by atoms with van der Waals surface area (Å²) in [5.74, 6) is 0.295. The van der Waals surface area contributed by atoms with Gasteiger partial charge in [-0.15, -0.1) is 0 Å². The Morgan fingerprint density at radius 3 is 2.30 bits per heavy atom. The van der Waals surface area contributed by atoms with Crippen LogP contribution in [0.3, 0.4) is 0 Å². The van der Waals surface area contributed by atoms with Crippen LogP contribution in [0.25, 0.3) is 5.95 Å². The van der Waals surface area contributed by atoms with Crippen LogP contribution in [0.15, 0.2) is 60.0 Å². The summed E-state index contributed by atoms with van der Waals surface area (Å²) in [6.07, 6.45) is 4.83. The van der Waals surface area contributed by atoms with Crippen LogP contribution >= 0.6 is 0 Å². The molecule has 1 aromatic carbocycles. The maximum Gasteiger partial charge on any atom is 0.234 e. The molecular weight excluding hydrogens is 310 g/mol. The minimum atomic E-state index is -3.50. The number of aryl methyl sites for hydroxylation is 2. The number of aromatic nitrogens is 3. The summed E-state index contributed by atoms with van der Waals surface area (Å²) in [6.45, 7) is 3.92. The van der Waals surface area contributed by atoms with Crippen LogP contribution in [-0.2, 0) is 15.6 Å². The van der Waals surface area contributed by atoms with E-state index in [4.69, 9.17) is 0 Å². The number of benzene rings is 1. The van der Waals surface area contributed by atoms with E-state index in [0.29, 0.717) is 5.95 Å². The standard InChI is InChI=1S/C17H17N3O2S/c1-13-9-14(2)11-15(10-13)12-23(21,22)16-5-3-8-20(16)17-18-6-4-7-19-17/h3-11H,12H2,1-2H3. The third-order valence-corrected chi connectivity index (χ3v) is 5.12. The minimum Gasteiger partial charge on any atom is -0.276 e. The summed E-state index contributed by atoms with van der Waals surface area (Å²) in [6, 6.07) is 10.8. The van der Waals surface area contributed by atoms with E-state index in [0.717, 1.165) is 16.7 Å². The Bertz CT molecular complexity index is 911. The van der Waals surface area contributed by atoms with Gasteiger partial charge in [-0.2, -0.15) is 0 Å². The molecule has 0 saturated carbocycles. The molecule has 0 aliphatic rings. The van der Waals surface area contributed by atoms with Gasteiger partial charge in [0.25, 0.3) is 0 Å². The highest BCUT2D eigenvalue weighted by molar-refractivity contribution is 7.90. The van der Waals surface area contributed by atoms with Crippen molar-refractivity contribution in [2.75, 3.05) is 0 Å². The van der Waals surface area contributed by atoms with Gasteiger partial charge >= 0.3 is 0 Å². The zero-order chi connectivity index (χ0) is 16.4. The Morgan fingerprint density at radius 2 is 1.65 bits per heavy atom. The van der Waals surface area contributed by atoms with Crippen molar-refractivity contribution in [1.82, 2.24) is 14.5 Å². The van der Waals surface area contributed by atoms with Gasteiger partial charge in [-0.05, 0) is 37.6 Å². The number of rotatable bonds is 4. The van der Waals surface area contributed by atoms with Crippen LogP contribution in [-0.4, -0.2) is 23.0 Å². The van der Waals surface area contributed by atoms with Crippen LogP contribution in [0, 0.1) is 13.8 Å². The lowest BCUT2D eigenvalue weighted by molar-refractivity contribution is 0.587. The minimum absolute atomic E-state index is 0.0492. The Hall–Kier alpha value is -2.47. The van der Waals surface area contributed by atoms with Crippen LogP contribution in [0.2, 0.25) is 0 Å². The molecule has 6 heteroatoms. The fourth-order valence-electron chi connectivity index (χ4n) is 2.65. The Labute approximate surface area is 135 Å². The molecule has 2 aromatic heterocycles. The fourth-order valence-corrected chi connectivity index (χ4v) is 4.13. The first-order chi connectivity index (χ1) is 11.0. The highest BCUT2D eigenvalue weighted by Crippen LogP contribution is 2.20. The van der Waals surface area contributed by atoms with E-state index < -0.39 is 9.84 Å². The van der Waals surface area contributed by atoms with E-state index in [1.165, 1.54) is 4.57 Å². The second-order valence-electron chi connectivity index (χ2n) is 5.52. The second kappa shape index (κ2) is 5.96. The van der Waals surface area contributed by atoms with Gasteiger partial charge in [0.1, 0.15) is 5.03 Å². The second-order valence-corrected chi connectivity index (χ2v) is 7.46. The SMILES string of the molecule is Cc1cc(C)cc(CS(=O)(=O)c2cccn2-c2ncccn2)c1. The molecule has 0 saturated heterocycles. The summed E-state index contributed by atoms with van der Waals surface area (Å²) in [5, 5.41) is 0.197. The van der Waals surface area contributed by atoms with E-state index in [2.05, 4.69) is 9.97 Å². The maximum absolute atomic E-state index is 12.8. The lowest BCUT2D eigenvalue weighted by Crippen LogP contribution is -2.12. The highest BCUT2D eigenvalue weighted by Gasteiger charge is 2.21. The molecule has 0 atom stereocenters. The van der Waals surface area contributed by atoms with Gasteiger partial charge in [-0.3, -0.25) is 4.57 Å². The average Bonchev–Trinajstić information content (AvgIpc) is 2.97. The van der Waals surface area contributed by atoms with Crippen LogP contribution < -0.4 is 0 Å². The third-order valence-electron chi connectivity index (χ3n) is 3.44. The summed E-state index contributed by atoms with van der Waals surface area (Å²) in [4.78, 5) is 8.24. The molecule has 0 unspecified atom stereocenters. The molecule has 0 radical (unpaired) electrons. The molecule has 2 heterocycles. The van der Waals surface area contributed by atoms with Gasteiger partial charge in [0.05, 0.1) is 5.75 Å². The Balaban J connectivity index is 2.00. The van der Waals surface area contributed by atoms with Crippen LogP contribution in [0.4, 0.5) is 0 Å². The molecule has 23 heavy (non-hydrogen) atoms. The van der Waals surface area contributed by atoms with E-state index in [9.17, 15) is 8.42 Å². The summed E-state index contributed by atoms with van der Waals surface area (Å²) < 4.78 is 27.1. The molecule has 0 aliphatic carbocycles. The van der Waals surface area contributed by atoms with Crippen molar-refractivity contribution >= 4 is 9.84 Å². The van der Waals surface area contributed by atoms with Crippen molar-refractivity contribution in [2.24, 2.45) is 0 Å². The summed E-state index contributed by atoms with van der Waals surface area (Å²) >= 11 is 0. The van der Waals surface area contributed by atoms with Crippen molar-refractivity contribution < 1.29 is 8.42 Å². The van der Waals surface area contributed by atoms with E-state index in [1.807, 2.05) is 32.0 Å². The fraction of sp³-hybridized carbons (Fsp3) is 0.176. The van der Waals surface area contributed by atoms with Crippen molar-refractivity contribution in [2.45, 2.75) is 24.6 Å². The van der Waals surface area contributed by atoms with Crippen LogP contribution in [0.5, 0.6) is 0 Å². The molecular formula is C17H17N3O2S. The normalized spacial score (nSPS) is 11.6. The first-order valence-corrected chi connectivity index (χ1v) is 8.86. The third kappa shape index (κ3) is 3.32. The van der Waals surface area contributed by atoms with Crippen LogP contribution in [0.1, 0.15) is 16.7 Å². The van der Waals surface area contributed by atoms with E-state index in [1.54, 1.807) is 36.8 Å². The first-order valence-electron chi connectivity index (χ1n) is 7.20. The van der Waals surface area contributed by atoms with E-state index >= 15 is 0 Å². The van der Waals surface area contributed by atoms with Gasteiger partial charge < -0.3 is 0 Å². The maximum atomic E-state index is 12.8. The smallest absolute Gasteiger partial charge is 0.234 e. The van der Waals surface area contributed by atoms with E-state index in [-0.39, 0.29) is 10.8 Å². The molecule has 0 amide bonds. The lowest BCUT2D eigenvalue weighted by Gasteiger charge is -2.09. The quantitative estimate of drug-likeness (QED) is 0.739. The monoisotopic (exact) mass is 327 g/mol. The molecule has 0 spiro atoms. The van der Waals surface area contributed by atoms with Gasteiger partial charge in [-0.1, -0.05) is 29.3 Å². The summed E-state index contributed by atoms with van der Waals surface area (Å²) in [5.41, 5.74) is 2.89. The van der Waals surface area contributed by atoms with Crippen molar-refractivity contribution in [3.8, 4) is 5.95 Å². The molecule has 3 aromatic rings. The molecule has 3 rings (SSSR count). The largest absolute Gasteiger partial charge is 0.276 e. The number of nitrogens with zero attached hydrogens (tertiary/aromatic N) is 3. The number of hydrogen-bond donors (Lipinski definition) is 0. The van der Waals surface area contributed by atoms with Crippen molar-refractivity contribution in [1.29, 1.82) is 0 Å². The Kier molecular flexibility index (Phi) is 4.00. The molecule has 0 aliphatic heterocycles. The topological polar surface area (TPSA) is 64.8 Å². The predicted octanol–water partition coefficient (Wildman–Crippen LogP) is 2.86. The molecule has 118 valence electrons. The van der Waals surface area contributed by atoms with Gasteiger partial charge in [-0.25, -0.2) is 18.4 Å². The average molecular weight is 327 g/mol. The number of sulfone groups is 1. The lowest BCUT2D eigenvalue weighted by atomic mass is 10.1. The summed E-state index contributed by atoms with van der Waals surface area (Å²) in [7, 11) is -3.50. The van der Waals surface area contributed by atoms with Gasteiger partial charge in [0.2, 0.25) is 5.95 Å². The van der Waals surface area contributed by atoms with Gasteiger partial charge in [0.15, 0.2) is 9.84 Å². The first kappa shape index (κ1) is 15.4. The van der Waals surface area contributed by atoms with Crippen molar-refractivity contribution in [3.05, 3.63) is 71.7 Å². The predicted molar refractivity (Wildman–Crippen MR) is 88.2 cm³/mol. The zero-order valence-electron chi connectivity index (χ0n) is 13.0. The van der Waals surface area contributed by atoms with Gasteiger partial charge in [0, 0.05) is 18.6 Å². The zero-order valence-corrected chi connectivity index (χ0v) is 13.8. The molecule has 5 nitrogen and oxygen atoms in total. The highest BCUT2D eigenvalue weighted by atomic mass is 32.2.